The highest BCUT2D eigenvalue weighted by Gasteiger charge is 2.04. The summed E-state index contributed by atoms with van der Waals surface area (Å²) in [5, 5.41) is 9.14. The number of aromatic nitrogens is 1. The Morgan fingerprint density at radius 2 is 2.14 bits per heavy atom. The van der Waals surface area contributed by atoms with Gasteiger partial charge in [-0.05, 0) is 39.3 Å². The lowest BCUT2D eigenvalue weighted by Gasteiger charge is -2.04. The van der Waals surface area contributed by atoms with E-state index in [1.807, 2.05) is 12.2 Å². The molecule has 0 aliphatic rings. The van der Waals surface area contributed by atoms with Crippen molar-refractivity contribution in [2.24, 2.45) is 0 Å². The van der Waals surface area contributed by atoms with E-state index in [-0.39, 0.29) is 6.10 Å². The fourth-order valence-corrected chi connectivity index (χ4v) is 1.73. The molecule has 1 heterocycles. The van der Waals surface area contributed by atoms with E-state index in [9.17, 15) is 0 Å². The van der Waals surface area contributed by atoms with Crippen LogP contribution in [0.3, 0.4) is 0 Å². The topological polar surface area (TPSA) is 25.2 Å². The van der Waals surface area contributed by atoms with E-state index >= 15 is 0 Å². The molecule has 0 bridgehead atoms. The van der Waals surface area contributed by atoms with E-state index in [4.69, 9.17) is 5.11 Å². The van der Waals surface area contributed by atoms with Crippen molar-refractivity contribution >= 4 is 6.08 Å². The molecule has 0 aliphatic heterocycles. The molecule has 1 aromatic heterocycles. The van der Waals surface area contributed by atoms with Crippen LogP contribution in [-0.2, 0) is 6.54 Å². The van der Waals surface area contributed by atoms with Crippen LogP contribution in [0.4, 0.5) is 0 Å². The summed E-state index contributed by atoms with van der Waals surface area (Å²) in [6.45, 7) is 9.12. The zero-order valence-electron chi connectivity index (χ0n) is 9.41. The van der Waals surface area contributed by atoms with Crippen molar-refractivity contribution in [2.75, 3.05) is 0 Å². The molecule has 0 aromatic carbocycles. The Kier molecular flexibility index (Phi) is 3.53. The van der Waals surface area contributed by atoms with Crippen LogP contribution in [0.15, 0.2) is 12.1 Å². The fraction of sp³-hybridized carbons (Fsp3) is 0.500. The number of hydrogen-bond acceptors (Lipinski definition) is 1. The SMILES string of the molecule is CCn1c(C)cc(/C=C/C(C)O)c1C. The lowest BCUT2D eigenvalue weighted by molar-refractivity contribution is 0.245. The van der Waals surface area contributed by atoms with Gasteiger partial charge in [-0.3, -0.25) is 0 Å². The molecule has 0 saturated carbocycles. The van der Waals surface area contributed by atoms with Gasteiger partial charge in [-0.15, -0.1) is 0 Å². The first-order valence-corrected chi connectivity index (χ1v) is 5.09. The van der Waals surface area contributed by atoms with Gasteiger partial charge in [0.2, 0.25) is 0 Å². The van der Waals surface area contributed by atoms with Gasteiger partial charge in [0.05, 0.1) is 6.10 Å². The van der Waals surface area contributed by atoms with Crippen LogP contribution in [0.25, 0.3) is 6.08 Å². The van der Waals surface area contributed by atoms with E-state index in [2.05, 4.69) is 31.4 Å². The first-order valence-electron chi connectivity index (χ1n) is 5.09. The molecule has 1 aromatic rings. The first-order chi connectivity index (χ1) is 6.56. The maximum absolute atomic E-state index is 9.14. The predicted molar refractivity (Wildman–Crippen MR) is 60.3 cm³/mol. The molecule has 0 radical (unpaired) electrons. The van der Waals surface area contributed by atoms with Crippen molar-refractivity contribution in [2.45, 2.75) is 40.3 Å². The van der Waals surface area contributed by atoms with Crippen LogP contribution < -0.4 is 0 Å². The molecule has 2 nitrogen and oxygen atoms in total. The maximum atomic E-state index is 9.14. The Hall–Kier alpha value is -1.02. The minimum Gasteiger partial charge on any atom is -0.389 e. The smallest absolute Gasteiger partial charge is 0.0696 e. The van der Waals surface area contributed by atoms with Gasteiger partial charge in [0, 0.05) is 17.9 Å². The summed E-state index contributed by atoms with van der Waals surface area (Å²) in [5.74, 6) is 0. The highest BCUT2D eigenvalue weighted by atomic mass is 16.3. The Balaban J connectivity index is 2.99. The van der Waals surface area contributed by atoms with Crippen molar-refractivity contribution in [3.05, 3.63) is 29.1 Å². The van der Waals surface area contributed by atoms with Crippen molar-refractivity contribution < 1.29 is 5.11 Å². The molecule has 1 N–H and O–H groups in total. The van der Waals surface area contributed by atoms with Crippen LogP contribution in [0.5, 0.6) is 0 Å². The highest BCUT2D eigenvalue weighted by molar-refractivity contribution is 5.54. The molecule has 1 unspecified atom stereocenters. The second-order valence-corrected chi connectivity index (χ2v) is 3.67. The van der Waals surface area contributed by atoms with E-state index < -0.39 is 0 Å². The zero-order valence-corrected chi connectivity index (χ0v) is 9.41. The molecule has 0 fully saturated rings. The molecule has 78 valence electrons. The summed E-state index contributed by atoms with van der Waals surface area (Å²) < 4.78 is 2.27. The Morgan fingerprint density at radius 3 is 2.57 bits per heavy atom. The first kappa shape index (κ1) is 11.1. The molecule has 1 rings (SSSR count). The van der Waals surface area contributed by atoms with E-state index in [0.717, 1.165) is 6.54 Å². The van der Waals surface area contributed by atoms with E-state index in [1.54, 1.807) is 6.92 Å². The summed E-state index contributed by atoms with van der Waals surface area (Å²) in [6, 6.07) is 2.15. The van der Waals surface area contributed by atoms with Gasteiger partial charge in [0.15, 0.2) is 0 Å². The van der Waals surface area contributed by atoms with Crippen LogP contribution in [-0.4, -0.2) is 15.8 Å². The highest BCUT2D eigenvalue weighted by Crippen LogP contribution is 2.16. The summed E-state index contributed by atoms with van der Waals surface area (Å²) >= 11 is 0. The third-order valence-electron chi connectivity index (χ3n) is 2.48. The third-order valence-corrected chi connectivity index (χ3v) is 2.48. The van der Waals surface area contributed by atoms with E-state index in [1.165, 1.54) is 17.0 Å². The summed E-state index contributed by atoms with van der Waals surface area (Å²) in [7, 11) is 0. The largest absolute Gasteiger partial charge is 0.389 e. The van der Waals surface area contributed by atoms with Crippen molar-refractivity contribution in [3.8, 4) is 0 Å². The number of hydrogen-bond donors (Lipinski definition) is 1. The average Bonchev–Trinajstić information content (AvgIpc) is 2.38. The van der Waals surface area contributed by atoms with Gasteiger partial charge in [0.1, 0.15) is 0 Å². The lowest BCUT2D eigenvalue weighted by Crippen LogP contribution is -1.98. The predicted octanol–water partition coefficient (Wildman–Crippen LogP) is 2.52. The third kappa shape index (κ3) is 2.26. The van der Waals surface area contributed by atoms with Gasteiger partial charge >= 0.3 is 0 Å². The number of rotatable bonds is 3. The number of nitrogens with zero attached hydrogens (tertiary/aromatic N) is 1. The molecule has 1 atom stereocenters. The number of aliphatic hydroxyl groups is 1. The van der Waals surface area contributed by atoms with Gasteiger partial charge in [-0.1, -0.05) is 12.2 Å². The molecule has 0 amide bonds. The average molecular weight is 193 g/mol. The lowest BCUT2D eigenvalue weighted by atomic mass is 10.2. The van der Waals surface area contributed by atoms with Crippen molar-refractivity contribution in [1.29, 1.82) is 0 Å². The van der Waals surface area contributed by atoms with Gasteiger partial charge in [-0.25, -0.2) is 0 Å². The minimum atomic E-state index is -0.375. The second-order valence-electron chi connectivity index (χ2n) is 3.67. The normalized spacial score (nSPS) is 13.8. The number of aliphatic hydroxyl groups excluding tert-OH is 1. The molecule has 14 heavy (non-hydrogen) atoms. The Labute approximate surface area is 85.9 Å². The van der Waals surface area contributed by atoms with Crippen LogP contribution in [0.2, 0.25) is 0 Å². The van der Waals surface area contributed by atoms with Crippen molar-refractivity contribution in [1.82, 2.24) is 4.57 Å². The zero-order chi connectivity index (χ0) is 10.7. The molecular formula is C12H19NO. The van der Waals surface area contributed by atoms with Gasteiger partial charge in [0.25, 0.3) is 0 Å². The summed E-state index contributed by atoms with van der Waals surface area (Å²) in [6.07, 6.45) is 3.42. The minimum absolute atomic E-state index is 0.375. The summed E-state index contributed by atoms with van der Waals surface area (Å²) in [5.41, 5.74) is 3.74. The van der Waals surface area contributed by atoms with Gasteiger partial charge in [-0.2, -0.15) is 0 Å². The van der Waals surface area contributed by atoms with E-state index in [0.29, 0.717) is 0 Å². The van der Waals surface area contributed by atoms with Crippen LogP contribution in [0.1, 0.15) is 30.8 Å². The summed E-state index contributed by atoms with van der Waals surface area (Å²) in [4.78, 5) is 0. The molecular weight excluding hydrogens is 174 g/mol. The molecule has 2 heteroatoms. The molecule has 0 saturated heterocycles. The molecule has 0 aliphatic carbocycles. The van der Waals surface area contributed by atoms with Gasteiger partial charge < -0.3 is 9.67 Å². The number of aryl methyl sites for hydroxylation is 1. The fourth-order valence-electron chi connectivity index (χ4n) is 1.73. The Bertz CT molecular complexity index is 334. The van der Waals surface area contributed by atoms with Crippen LogP contribution in [0, 0.1) is 13.8 Å². The van der Waals surface area contributed by atoms with Crippen LogP contribution >= 0.6 is 0 Å². The van der Waals surface area contributed by atoms with Crippen molar-refractivity contribution in [3.63, 3.8) is 0 Å². The second kappa shape index (κ2) is 4.47. The Morgan fingerprint density at radius 1 is 1.50 bits per heavy atom. The standard InChI is InChI=1S/C12H19NO/c1-5-13-9(2)8-12(11(13)4)7-6-10(3)14/h6-8,10,14H,5H2,1-4H3/b7-6+. The maximum Gasteiger partial charge on any atom is 0.0696 e. The quantitative estimate of drug-likeness (QED) is 0.784. The monoisotopic (exact) mass is 193 g/mol. The molecule has 0 spiro atoms.